The minimum atomic E-state index is -2.91. The Bertz CT molecular complexity index is 1350. The van der Waals surface area contributed by atoms with Gasteiger partial charge < -0.3 is 14.4 Å². The van der Waals surface area contributed by atoms with E-state index in [2.05, 4.69) is 20.2 Å². The molecule has 4 heterocycles. The third-order valence-electron chi connectivity index (χ3n) is 5.48. The number of aromatic nitrogens is 4. The van der Waals surface area contributed by atoms with Gasteiger partial charge in [-0.3, -0.25) is 9.78 Å². The summed E-state index contributed by atoms with van der Waals surface area (Å²) in [5.41, 5.74) is 1.67. The van der Waals surface area contributed by atoms with Gasteiger partial charge in [0.2, 0.25) is 11.8 Å². The maximum Gasteiger partial charge on any atom is 0.314 e. The molecule has 0 radical (unpaired) electrons. The summed E-state index contributed by atoms with van der Waals surface area (Å²) in [5.74, 6) is -2.16. The van der Waals surface area contributed by atoms with Crippen molar-refractivity contribution >= 4 is 5.91 Å². The normalized spacial score (nSPS) is 15.0. The van der Waals surface area contributed by atoms with Gasteiger partial charge in [0, 0.05) is 23.9 Å². The van der Waals surface area contributed by atoms with Gasteiger partial charge in [0.15, 0.2) is 0 Å². The molecule has 0 saturated carbocycles. The van der Waals surface area contributed by atoms with Crippen LogP contribution in [-0.2, 0) is 6.54 Å². The number of amides is 1. The van der Waals surface area contributed by atoms with Crippen LogP contribution in [0.2, 0.25) is 0 Å². The topological polar surface area (TPSA) is 105 Å². The number of carbonyl (C=O) groups is 1. The Morgan fingerprint density at radius 1 is 1.03 bits per heavy atom. The molecule has 8 nitrogen and oxygen atoms in total. The molecular weight excluding hydrogens is 451 g/mol. The molecule has 2 atom stereocenters. The number of aliphatic hydroxyl groups is 1. The number of halogens is 3. The number of rotatable bonds is 6. The zero-order valence-corrected chi connectivity index (χ0v) is 17.3. The number of nitrogens with zero attached hydrogens (tertiary/aromatic N) is 5. The Kier molecular flexibility index (Phi) is 5.54. The standard InChI is InChI=1S/C23H16F3N5O3/c24-17-6-3-5-16(28-17)19(32)18(15-4-1-2-9-27-15)31-11-13-8-7-12(10-14(13)23(31)33)21-29-30-22(34-21)20(25)26/h1-10,18-20,32H,11H2/t18-,19+/m0/s1. The first-order chi connectivity index (χ1) is 16.4. The third-order valence-corrected chi connectivity index (χ3v) is 5.48. The summed E-state index contributed by atoms with van der Waals surface area (Å²) in [6.07, 6.45) is -2.76. The monoisotopic (exact) mass is 467 g/mol. The lowest BCUT2D eigenvalue weighted by atomic mass is 10.0. The zero-order valence-electron chi connectivity index (χ0n) is 17.3. The summed E-state index contributed by atoms with van der Waals surface area (Å²) in [4.78, 5) is 22.9. The van der Waals surface area contributed by atoms with Crippen LogP contribution in [0.4, 0.5) is 13.2 Å². The van der Waals surface area contributed by atoms with Gasteiger partial charge >= 0.3 is 6.43 Å². The van der Waals surface area contributed by atoms with Crippen molar-refractivity contribution in [3.05, 3.63) is 95.1 Å². The number of pyridine rings is 2. The number of aliphatic hydroxyl groups excluding tert-OH is 1. The van der Waals surface area contributed by atoms with Gasteiger partial charge in [-0.1, -0.05) is 18.2 Å². The van der Waals surface area contributed by atoms with Crippen LogP contribution in [0.25, 0.3) is 11.5 Å². The van der Waals surface area contributed by atoms with E-state index in [-0.39, 0.29) is 23.7 Å². The second-order valence-electron chi connectivity index (χ2n) is 7.58. The molecule has 0 bridgehead atoms. The Morgan fingerprint density at radius 2 is 1.85 bits per heavy atom. The van der Waals surface area contributed by atoms with Crippen molar-refractivity contribution in [1.29, 1.82) is 0 Å². The molecule has 0 aliphatic carbocycles. The number of hydrogen-bond donors (Lipinski definition) is 1. The van der Waals surface area contributed by atoms with Crippen molar-refractivity contribution in [3.63, 3.8) is 0 Å². The average Bonchev–Trinajstić information content (AvgIpc) is 3.46. The summed E-state index contributed by atoms with van der Waals surface area (Å²) in [6, 6.07) is 12.8. The van der Waals surface area contributed by atoms with Crippen LogP contribution in [-0.4, -0.2) is 36.1 Å². The minimum absolute atomic E-state index is 0.0467. The molecule has 1 aromatic carbocycles. The summed E-state index contributed by atoms with van der Waals surface area (Å²) in [6.45, 7) is 0.133. The summed E-state index contributed by atoms with van der Waals surface area (Å²) in [7, 11) is 0. The minimum Gasteiger partial charge on any atom is -0.415 e. The van der Waals surface area contributed by atoms with Gasteiger partial charge in [0.05, 0.1) is 11.4 Å². The number of carbonyl (C=O) groups excluding carboxylic acids is 1. The molecule has 1 N–H and O–H groups in total. The summed E-state index contributed by atoms with van der Waals surface area (Å²) in [5, 5.41) is 18.1. The smallest absolute Gasteiger partial charge is 0.314 e. The van der Waals surface area contributed by atoms with E-state index in [9.17, 15) is 23.1 Å². The van der Waals surface area contributed by atoms with Crippen molar-refractivity contribution < 1.29 is 27.5 Å². The van der Waals surface area contributed by atoms with E-state index in [0.717, 1.165) is 6.07 Å². The largest absolute Gasteiger partial charge is 0.415 e. The highest BCUT2D eigenvalue weighted by Crippen LogP contribution is 2.39. The summed E-state index contributed by atoms with van der Waals surface area (Å²) >= 11 is 0. The predicted molar refractivity (Wildman–Crippen MR) is 111 cm³/mol. The molecule has 1 amide bonds. The summed E-state index contributed by atoms with van der Waals surface area (Å²) < 4.78 is 44.3. The first-order valence-corrected chi connectivity index (χ1v) is 10.2. The molecule has 4 aromatic rings. The fourth-order valence-electron chi connectivity index (χ4n) is 3.91. The molecule has 11 heteroatoms. The number of fused-ring (bicyclic) bond motifs is 1. The molecule has 172 valence electrons. The average molecular weight is 467 g/mol. The Labute approximate surface area is 190 Å². The number of hydrogen-bond acceptors (Lipinski definition) is 7. The molecule has 0 saturated heterocycles. The SMILES string of the molecule is O=C1c2cc(-c3nnc(C(F)F)o3)ccc2CN1[C@@H](c1ccccn1)[C@H](O)c1cccc(F)n1. The molecule has 5 rings (SSSR count). The first-order valence-electron chi connectivity index (χ1n) is 10.2. The van der Waals surface area contributed by atoms with Crippen LogP contribution in [0.1, 0.15) is 51.8 Å². The van der Waals surface area contributed by atoms with Crippen molar-refractivity contribution in [2.24, 2.45) is 0 Å². The molecule has 1 aliphatic heterocycles. The van der Waals surface area contributed by atoms with Gasteiger partial charge in [-0.05, 0) is 42.0 Å². The number of benzene rings is 1. The lowest BCUT2D eigenvalue weighted by Crippen LogP contribution is -2.34. The van der Waals surface area contributed by atoms with E-state index in [1.165, 1.54) is 29.3 Å². The maximum absolute atomic E-state index is 13.7. The lowest BCUT2D eigenvalue weighted by Gasteiger charge is -2.31. The molecule has 3 aromatic heterocycles. The Balaban J connectivity index is 1.51. The van der Waals surface area contributed by atoms with Crippen LogP contribution in [0.3, 0.4) is 0 Å². The van der Waals surface area contributed by atoms with E-state index in [0.29, 0.717) is 16.8 Å². The Morgan fingerprint density at radius 3 is 2.56 bits per heavy atom. The van der Waals surface area contributed by atoms with E-state index in [4.69, 9.17) is 4.42 Å². The van der Waals surface area contributed by atoms with E-state index in [1.54, 1.807) is 30.3 Å². The third kappa shape index (κ3) is 3.90. The Hall–Kier alpha value is -4.12. The van der Waals surface area contributed by atoms with Crippen molar-refractivity contribution in [3.8, 4) is 11.5 Å². The molecule has 0 unspecified atom stereocenters. The van der Waals surface area contributed by atoms with Crippen molar-refractivity contribution in [2.75, 3.05) is 0 Å². The number of alkyl halides is 2. The van der Waals surface area contributed by atoms with Crippen molar-refractivity contribution in [1.82, 2.24) is 25.1 Å². The van der Waals surface area contributed by atoms with Crippen LogP contribution < -0.4 is 0 Å². The fraction of sp³-hybridized carbons (Fsp3) is 0.174. The van der Waals surface area contributed by atoms with E-state index < -0.39 is 36.3 Å². The van der Waals surface area contributed by atoms with Gasteiger partial charge in [0.1, 0.15) is 12.1 Å². The second-order valence-corrected chi connectivity index (χ2v) is 7.58. The van der Waals surface area contributed by atoms with Crippen LogP contribution >= 0.6 is 0 Å². The van der Waals surface area contributed by atoms with Gasteiger partial charge in [-0.15, -0.1) is 10.2 Å². The van der Waals surface area contributed by atoms with Crippen LogP contribution in [0, 0.1) is 5.95 Å². The molecule has 0 fully saturated rings. The highest BCUT2D eigenvalue weighted by Gasteiger charge is 2.39. The quantitative estimate of drug-likeness (QED) is 0.427. The second kappa shape index (κ2) is 8.67. The molecule has 34 heavy (non-hydrogen) atoms. The predicted octanol–water partition coefficient (Wildman–Crippen LogP) is 4.03. The maximum atomic E-state index is 13.7. The van der Waals surface area contributed by atoms with E-state index >= 15 is 0 Å². The molecule has 1 aliphatic rings. The van der Waals surface area contributed by atoms with Crippen LogP contribution in [0.15, 0.2) is 65.2 Å². The lowest BCUT2D eigenvalue weighted by molar-refractivity contribution is 0.0329. The van der Waals surface area contributed by atoms with Gasteiger partial charge in [-0.2, -0.15) is 13.2 Å². The zero-order chi connectivity index (χ0) is 23.8. The highest BCUT2D eigenvalue weighted by atomic mass is 19.3. The molecule has 0 spiro atoms. The van der Waals surface area contributed by atoms with Crippen molar-refractivity contribution in [2.45, 2.75) is 25.1 Å². The van der Waals surface area contributed by atoms with E-state index in [1.807, 2.05) is 0 Å². The fourth-order valence-corrected chi connectivity index (χ4v) is 3.91. The highest BCUT2D eigenvalue weighted by molar-refractivity contribution is 5.99. The first kappa shape index (κ1) is 21.7. The van der Waals surface area contributed by atoms with Crippen LogP contribution in [0.5, 0.6) is 0 Å². The van der Waals surface area contributed by atoms with Gasteiger partial charge in [0.25, 0.3) is 11.8 Å². The molecular formula is C23H16F3N5O3. The van der Waals surface area contributed by atoms with Gasteiger partial charge in [-0.25, -0.2) is 4.98 Å².